The zero-order valence-corrected chi connectivity index (χ0v) is 15.0. The highest BCUT2D eigenvalue weighted by Crippen LogP contribution is 2.27. The fourth-order valence-corrected chi connectivity index (χ4v) is 2.25. The third kappa shape index (κ3) is 6.92. The van der Waals surface area contributed by atoms with Gasteiger partial charge in [0, 0.05) is 19.8 Å². The van der Waals surface area contributed by atoms with E-state index < -0.39 is 12.4 Å². The Labute approximate surface area is 135 Å². The highest BCUT2D eigenvalue weighted by Gasteiger charge is 2.45. The second-order valence-electron chi connectivity index (χ2n) is 7.38. The van der Waals surface area contributed by atoms with E-state index in [4.69, 9.17) is 18.9 Å². The first kappa shape index (κ1) is 19.8. The molecule has 0 aromatic rings. The van der Waals surface area contributed by atoms with Crippen LogP contribution in [0, 0.1) is 17.8 Å². The zero-order chi connectivity index (χ0) is 16.7. The van der Waals surface area contributed by atoms with Crippen LogP contribution < -0.4 is 0 Å². The summed E-state index contributed by atoms with van der Waals surface area (Å²) in [4.78, 5) is 0. The normalized spacial score (nSPS) is 29.2. The zero-order valence-electron chi connectivity index (χ0n) is 15.0. The molecule has 22 heavy (non-hydrogen) atoms. The van der Waals surface area contributed by atoms with Crippen LogP contribution in [-0.2, 0) is 18.9 Å². The van der Waals surface area contributed by atoms with Crippen LogP contribution in [-0.4, -0.2) is 56.1 Å². The lowest BCUT2D eigenvalue weighted by molar-refractivity contribution is -0.152. The smallest absolute Gasteiger partial charge is 0.184 e. The van der Waals surface area contributed by atoms with E-state index in [1.807, 2.05) is 0 Å². The van der Waals surface area contributed by atoms with Crippen molar-refractivity contribution in [3.63, 3.8) is 0 Å². The van der Waals surface area contributed by atoms with E-state index in [-0.39, 0.29) is 12.2 Å². The molecule has 1 fully saturated rings. The first-order valence-electron chi connectivity index (χ1n) is 8.45. The number of hydrogen-bond donors (Lipinski definition) is 1. The Morgan fingerprint density at radius 1 is 0.818 bits per heavy atom. The third-order valence-electron chi connectivity index (χ3n) is 3.26. The van der Waals surface area contributed by atoms with Gasteiger partial charge < -0.3 is 24.1 Å². The molecule has 1 rings (SSSR count). The summed E-state index contributed by atoms with van der Waals surface area (Å²) < 4.78 is 23.1. The molecule has 1 N–H and O–H groups in total. The van der Waals surface area contributed by atoms with Crippen molar-refractivity contribution in [2.75, 3.05) is 26.4 Å². The van der Waals surface area contributed by atoms with Crippen molar-refractivity contribution in [3.8, 4) is 0 Å². The van der Waals surface area contributed by atoms with Crippen LogP contribution >= 0.6 is 0 Å². The van der Waals surface area contributed by atoms with Crippen molar-refractivity contribution in [2.24, 2.45) is 17.8 Å². The standard InChI is InChI=1S/C17H34O5/c1-11(2)7-19-10-14-15(20-8-12(3)4)16(17(18)22-14)21-9-13(5)6/h11-18H,7-10H2,1-6H3/t14-,15-,16-,17+/m1/s1. The second kappa shape index (κ2) is 9.83. The molecule has 0 amide bonds. The minimum atomic E-state index is -0.955. The Balaban J connectivity index is 2.60. The van der Waals surface area contributed by atoms with Gasteiger partial charge in [-0.1, -0.05) is 41.5 Å². The molecular weight excluding hydrogens is 284 g/mol. The van der Waals surface area contributed by atoms with Gasteiger partial charge in [0.2, 0.25) is 0 Å². The summed E-state index contributed by atoms with van der Waals surface area (Å²) in [5, 5.41) is 10.1. The Morgan fingerprint density at radius 3 is 1.82 bits per heavy atom. The van der Waals surface area contributed by atoms with Gasteiger partial charge in [-0.3, -0.25) is 0 Å². The molecule has 5 heteroatoms. The summed E-state index contributed by atoms with van der Waals surface area (Å²) in [5.74, 6) is 1.28. The number of hydrogen-bond acceptors (Lipinski definition) is 5. The maximum absolute atomic E-state index is 10.1. The summed E-state index contributed by atoms with van der Waals surface area (Å²) in [6.07, 6.45) is -1.98. The molecule has 0 aliphatic carbocycles. The molecule has 0 aromatic heterocycles. The highest BCUT2D eigenvalue weighted by atomic mass is 16.7. The van der Waals surface area contributed by atoms with Crippen LogP contribution in [0.1, 0.15) is 41.5 Å². The second-order valence-corrected chi connectivity index (χ2v) is 7.38. The minimum absolute atomic E-state index is 0.287. The van der Waals surface area contributed by atoms with Gasteiger partial charge in [-0.15, -0.1) is 0 Å². The predicted octanol–water partition coefficient (Wildman–Crippen LogP) is 2.46. The first-order valence-corrected chi connectivity index (χ1v) is 8.45. The van der Waals surface area contributed by atoms with E-state index in [0.717, 1.165) is 0 Å². The largest absolute Gasteiger partial charge is 0.378 e. The minimum Gasteiger partial charge on any atom is -0.378 e. The van der Waals surface area contributed by atoms with Crippen molar-refractivity contribution >= 4 is 0 Å². The fraction of sp³-hybridized carbons (Fsp3) is 1.00. The molecule has 0 radical (unpaired) electrons. The SMILES string of the molecule is CC(C)COC[C@H]1O[C@H](O)[C@H](OCC(C)C)[C@@H]1OCC(C)C. The van der Waals surface area contributed by atoms with E-state index in [2.05, 4.69) is 41.5 Å². The molecule has 0 spiro atoms. The molecule has 132 valence electrons. The molecule has 5 nitrogen and oxygen atoms in total. The van der Waals surface area contributed by atoms with Crippen molar-refractivity contribution < 1.29 is 24.1 Å². The van der Waals surface area contributed by atoms with E-state index in [1.54, 1.807) is 0 Å². The maximum atomic E-state index is 10.1. The van der Waals surface area contributed by atoms with Gasteiger partial charge in [0.1, 0.15) is 18.3 Å². The average Bonchev–Trinajstić information content (AvgIpc) is 2.69. The lowest BCUT2D eigenvalue weighted by Gasteiger charge is -2.25. The van der Waals surface area contributed by atoms with Gasteiger partial charge in [0.25, 0.3) is 0 Å². The molecular formula is C17H34O5. The van der Waals surface area contributed by atoms with Crippen LogP contribution in [0.5, 0.6) is 0 Å². The maximum Gasteiger partial charge on any atom is 0.184 e. The molecule has 1 aliphatic rings. The summed E-state index contributed by atoms with van der Waals surface area (Å²) in [6.45, 7) is 14.8. The van der Waals surface area contributed by atoms with Gasteiger partial charge in [0.05, 0.1) is 6.61 Å². The number of aliphatic hydroxyl groups excluding tert-OH is 1. The van der Waals surface area contributed by atoms with Crippen LogP contribution in [0.3, 0.4) is 0 Å². The molecule has 4 atom stereocenters. The molecule has 0 bridgehead atoms. The molecule has 1 heterocycles. The monoisotopic (exact) mass is 318 g/mol. The Kier molecular flexibility index (Phi) is 8.87. The van der Waals surface area contributed by atoms with Crippen molar-refractivity contribution in [1.82, 2.24) is 0 Å². The van der Waals surface area contributed by atoms with Gasteiger partial charge in [0.15, 0.2) is 6.29 Å². The topological polar surface area (TPSA) is 57.2 Å². The number of rotatable bonds is 10. The molecule has 1 saturated heterocycles. The molecule has 0 saturated carbocycles. The van der Waals surface area contributed by atoms with Crippen molar-refractivity contribution in [2.45, 2.75) is 66.1 Å². The van der Waals surface area contributed by atoms with Crippen molar-refractivity contribution in [3.05, 3.63) is 0 Å². The highest BCUT2D eigenvalue weighted by molar-refractivity contribution is 4.89. The Morgan fingerprint density at radius 2 is 1.32 bits per heavy atom. The average molecular weight is 318 g/mol. The lowest BCUT2D eigenvalue weighted by Crippen LogP contribution is -2.40. The third-order valence-corrected chi connectivity index (χ3v) is 3.26. The lowest BCUT2D eigenvalue weighted by atomic mass is 10.1. The van der Waals surface area contributed by atoms with Gasteiger partial charge in [-0.2, -0.15) is 0 Å². The molecule has 0 unspecified atom stereocenters. The molecule has 1 aliphatic heterocycles. The fourth-order valence-electron chi connectivity index (χ4n) is 2.25. The number of aliphatic hydroxyl groups is 1. The summed E-state index contributed by atoms with van der Waals surface area (Å²) in [5.41, 5.74) is 0. The van der Waals surface area contributed by atoms with E-state index >= 15 is 0 Å². The van der Waals surface area contributed by atoms with Crippen molar-refractivity contribution in [1.29, 1.82) is 0 Å². The Hall–Kier alpha value is -0.200. The predicted molar refractivity (Wildman–Crippen MR) is 85.7 cm³/mol. The van der Waals surface area contributed by atoms with E-state index in [0.29, 0.717) is 44.2 Å². The summed E-state index contributed by atoms with van der Waals surface area (Å²) in [7, 11) is 0. The van der Waals surface area contributed by atoms with Gasteiger partial charge in [-0.05, 0) is 17.8 Å². The van der Waals surface area contributed by atoms with Crippen LogP contribution in [0.15, 0.2) is 0 Å². The number of ether oxygens (including phenoxy) is 4. The van der Waals surface area contributed by atoms with Crippen LogP contribution in [0.2, 0.25) is 0 Å². The molecule has 0 aromatic carbocycles. The Bertz CT molecular complexity index is 293. The first-order chi connectivity index (χ1) is 10.3. The van der Waals surface area contributed by atoms with Gasteiger partial charge >= 0.3 is 0 Å². The van der Waals surface area contributed by atoms with Crippen LogP contribution in [0.4, 0.5) is 0 Å². The van der Waals surface area contributed by atoms with Crippen LogP contribution in [0.25, 0.3) is 0 Å². The van der Waals surface area contributed by atoms with E-state index in [1.165, 1.54) is 0 Å². The summed E-state index contributed by atoms with van der Waals surface area (Å²) in [6, 6.07) is 0. The quantitative estimate of drug-likeness (QED) is 0.670. The van der Waals surface area contributed by atoms with E-state index in [9.17, 15) is 5.11 Å². The van der Waals surface area contributed by atoms with Gasteiger partial charge in [-0.25, -0.2) is 0 Å². The summed E-state index contributed by atoms with van der Waals surface area (Å²) >= 11 is 0.